The number of halogens is 2. The molecule has 204 valence electrons. The van der Waals surface area contributed by atoms with Crippen LogP contribution in [0.1, 0.15) is 22.3 Å². The van der Waals surface area contributed by atoms with Crippen molar-refractivity contribution in [3.63, 3.8) is 0 Å². The third-order valence-electron chi connectivity index (χ3n) is 6.22. The van der Waals surface area contributed by atoms with Crippen LogP contribution in [0.25, 0.3) is 0 Å². The number of nitrogens with zero attached hydrogens (tertiary/aromatic N) is 1. The fourth-order valence-electron chi connectivity index (χ4n) is 4.27. The first-order chi connectivity index (χ1) is 18.7. The molecule has 1 fully saturated rings. The van der Waals surface area contributed by atoms with Gasteiger partial charge in [0.05, 0.1) is 43.1 Å². The maximum absolute atomic E-state index is 14.3. The molecular formula is C28H27BrFN3O6. The summed E-state index contributed by atoms with van der Waals surface area (Å²) in [5.41, 5.74) is 1.79. The molecule has 1 heterocycles. The van der Waals surface area contributed by atoms with Crippen molar-refractivity contribution in [2.45, 2.75) is 25.1 Å². The van der Waals surface area contributed by atoms with Crippen molar-refractivity contribution in [1.29, 1.82) is 0 Å². The second-order valence-electron chi connectivity index (χ2n) is 8.94. The highest BCUT2D eigenvalue weighted by atomic mass is 79.9. The summed E-state index contributed by atoms with van der Waals surface area (Å²) in [6, 6.07) is 17.2. The second kappa shape index (κ2) is 12.6. The lowest BCUT2D eigenvalue weighted by Crippen LogP contribution is -2.40. The van der Waals surface area contributed by atoms with Crippen molar-refractivity contribution in [2.75, 3.05) is 30.9 Å². The number of hydrogen-bond acceptors (Lipinski definition) is 5. The molecule has 0 saturated carbocycles. The number of alkyl halides is 1. The van der Waals surface area contributed by atoms with E-state index < -0.39 is 24.2 Å². The number of aromatic carboxylic acids is 1. The van der Waals surface area contributed by atoms with Gasteiger partial charge in [0.2, 0.25) is 5.91 Å². The van der Waals surface area contributed by atoms with Crippen LogP contribution in [0.5, 0.6) is 11.5 Å². The Bertz CT molecular complexity index is 1350. The number of carbonyl (C=O) groups is 3. The molecule has 0 spiro atoms. The number of likely N-dealkylation sites (tertiary alicyclic amines) is 1. The minimum absolute atomic E-state index is 0.0102. The van der Waals surface area contributed by atoms with Crippen molar-refractivity contribution in [1.82, 2.24) is 4.90 Å². The second-order valence-corrected chi connectivity index (χ2v) is 9.80. The molecule has 0 aliphatic carbocycles. The third-order valence-corrected chi connectivity index (χ3v) is 6.91. The Morgan fingerprint density at radius 2 is 1.77 bits per heavy atom. The number of methoxy groups -OCH3 is 1. The van der Waals surface area contributed by atoms with Crippen LogP contribution in [0.3, 0.4) is 0 Å². The summed E-state index contributed by atoms with van der Waals surface area (Å²) in [7, 11) is 1.46. The Balaban J connectivity index is 1.37. The van der Waals surface area contributed by atoms with Crippen molar-refractivity contribution in [3.05, 3.63) is 82.3 Å². The summed E-state index contributed by atoms with van der Waals surface area (Å²) < 4.78 is 26.2. The molecule has 1 aliphatic heterocycles. The summed E-state index contributed by atoms with van der Waals surface area (Å²) in [6.45, 7) is 0.0498. The minimum Gasteiger partial charge on any atom is -0.495 e. The predicted molar refractivity (Wildman–Crippen MR) is 147 cm³/mol. The van der Waals surface area contributed by atoms with E-state index in [4.69, 9.17) is 14.6 Å². The van der Waals surface area contributed by atoms with Crippen LogP contribution < -0.4 is 20.1 Å². The number of ether oxygens (including phenoxy) is 2. The van der Waals surface area contributed by atoms with Gasteiger partial charge in [-0.15, -0.1) is 0 Å². The van der Waals surface area contributed by atoms with Crippen LogP contribution in [-0.2, 0) is 11.2 Å². The summed E-state index contributed by atoms with van der Waals surface area (Å²) in [6.07, 6.45) is -1.00. The number of para-hydroxylation sites is 1. The van der Waals surface area contributed by atoms with Crippen molar-refractivity contribution in [3.8, 4) is 11.5 Å². The third kappa shape index (κ3) is 7.26. The van der Waals surface area contributed by atoms with E-state index in [1.54, 1.807) is 30.3 Å². The van der Waals surface area contributed by atoms with Crippen molar-refractivity contribution < 1.29 is 33.4 Å². The van der Waals surface area contributed by atoms with E-state index in [1.165, 1.54) is 36.3 Å². The zero-order valence-corrected chi connectivity index (χ0v) is 22.6. The van der Waals surface area contributed by atoms with Crippen LogP contribution >= 0.6 is 15.9 Å². The van der Waals surface area contributed by atoms with Crippen LogP contribution in [-0.4, -0.2) is 60.4 Å². The number of urea groups is 1. The van der Waals surface area contributed by atoms with E-state index >= 15 is 0 Å². The highest BCUT2D eigenvalue weighted by Gasteiger charge is 2.35. The first-order valence-electron chi connectivity index (χ1n) is 12.1. The van der Waals surface area contributed by atoms with Gasteiger partial charge in [-0.2, -0.15) is 0 Å². The molecule has 3 aromatic carbocycles. The Morgan fingerprint density at radius 3 is 2.46 bits per heavy atom. The van der Waals surface area contributed by atoms with Gasteiger partial charge >= 0.3 is 12.0 Å². The summed E-state index contributed by atoms with van der Waals surface area (Å²) in [5.74, 6) is -0.499. The number of carbonyl (C=O) groups excluding carboxylic acids is 2. The van der Waals surface area contributed by atoms with E-state index in [2.05, 4.69) is 26.6 Å². The summed E-state index contributed by atoms with van der Waals surface area (Å²) >= 11 is 3.38. The molecule has 4 rings (SSSR count). The monoisotopic (exact) mass is 599 g/mol. The van der Waals surface area contributed by atoms with E-state index in [1.807, 2.05) is 12.1 Å². The molecule has 0 radical (unpaired) electrons. The van der Waals surface area contributed by atoms with Gasteiger partial charge in [-0.05, 0) is 70.0 Å². The molecular weight excluding hydrogens is 573 g/mol. The van der Waals surface area contributed by atoms with E-state index in [9.17, 15) is 18.8 Å². The molecule has 3 N–H and O–H groups in total. The fraction of sp³-hybridized carbons (Fsp3) is 0.250. The number of nitrogens with one attached hydrogen (secondary N) is 2. The normalized spacial score (nSPS) is 16.4. The molecule has 39 heavy (non-hydrogen) atoms. The van der Waals surface area contributed by atoms with Gasteiger partial charge in [-0.3, -0.25) is 4.79 Å². The number of amides is 3. The van der Waals surface area contributed by atoms with Gasteiger partial charge < -0.3 is 30.1 Å². The standard InChI is InChI=1S/C28H27BrFN3O6/c1-38-25-12-17(6-11-24(25)32-28(37)31-23-5-3-2-4-22(23)29)13-26(34)33-15-19(30)14-20(33)16-39-21-9-7-18(8-10-21)27(35)36/h2-12,19-20H,13-16H2,1H3,(H,35,36)(H2,31,32,37)/t19-,20+/m1/s1. The van der Waals surface area contributed by atoms with Gasteiger partial charge in [0.15, 0.2) is 0 Å². The Morgan fingerprint density at radius 1 is 1.05 bits per heavy atom. The first-order valence-corrected chi connectivity index (χ1v) is 12.9. The highest BCUT2D eigenvalue weighted by molar-refractivity contribution is 9.10. The molecule has 0 bridgehead atoms. The Labute approximate surface area is 233 Å². The van der Waals surface area contributed by atoms with E-state index in [-0.39, 0.29) is 37.5 Å². The number of carboxylic acid groups (broad SMARTS) is 1. The maximum Gasteiger partial charge on any atom is 0.335 e. The average molecular weight is 600 g/mol. The topological polar surface area (TPSA) is 117 Å². The largest absolute Gasteiger partial charge is 0.495 e. The molecule has 11 heteroatoms. The van der Waals surface area contributed by atoms with Crippen LogP contribution in [0.2, 0.25) is 0 Å². The highest BCUT2D eigenvalue weighted by Crippen LogP contribution is 2.28. The minimum atomic E-state index is -1.17. The molecule has 1 saturated heterocycles. The number of anilines is 2. The zero-order chi connectivity index (χ0) is 27.9. The van der Waals surface area contributed by atoms with Gasteiger partial charge in [0.1, 0.15) is 24.3 Å². The molecule has 3 aromatic rings. The summed E-state index contributed by atoms with van der Waals surface area (Å²) in [4.78, 5) is 38.1. The van der Waals surface area contributed by atoms with E-state index in [0.29, 0.717) is 28.4 Å². The smallest absolute Gasteiger partial charge is 0.335 e. The summed E-state index contributed by atoms with van der Waals surface area (Å²) in [5, 5.41) is 14.5. The maximum atomic E-state index is 14.3. The van der Waals surface area contributed by atoms with Gasteiger partial charge in [-0.1, -0.05) is 18.2 Å². The lowest BCUT2D eigenvalue weighted by Gasteiger charge is -2.24. The Hall–Kier alpha value is -4.12. The fourth-order valence-corrected chi connectivity index (χ4v) is 4.66. The van der Waals surface area contributed by atoms with Crippen molar-refractivity contribution >= 4 is 45.2 Å². The zero-order valence-electron chi connectivity index (χ0n) is 21.0. The number of carboxylic acids is 1. The SMILES string of the molecule is COc1cc(CC(=O)N2C[C@H](F)C[C@H]2COc2ccc(C(=O)O)cc2)ccc1NC(=O)Nc1ccccc1Br. The lowest BCUT2D eigenvalue weighted by molar-refractivity contribution is -0.132. The molecule has 2 atom stereocenters. The van der Waals surface area contributed by atoms with Crippen LogP contribution in [0.4, 0.5) is 20.6 Å². The first kappa shape index (κ1) is 27.9. The number of hydrogen-bond donors (Lipinski definition) is 3. The molecule has 1 aliphatic rings. The van der Waals surface area contributed by atoms with Crippen LogP contribution in [0.15, 0.2) is 71.2 Å². The molecule has 0 unspecified atom stereocenters. The van der Waals surface area contributed by atoms with Gasteiger partial charge in [0, 0.05) is 10.9 Å². The molecule has 3 amide bonds. The number of rotatable bonds is 9. The van der Waals surface area contributed by atoms with Crippen molar-refractivity contribution in [2.24, 2.45) is 0 Å². The van der Waals surface area contributed by atoms with Gasteiger partial charge in [-0.25, -0.2) is 14.0 Å². The quantitative estimate of drug-likeness (QED) is 0.305. The Kier molecular flexibility index (Phi) is 9.03. The lowest BCUT2D eigenvalue weighted by atomic mass is 10.1. The predicted octanol–water partition coefficient (Wildman–Crippen LogP) is 5.36. The molecule has 9 nitrogen and oxygen atoms in total. The van der Waals surface area contributed by atoms with E-state index in [0.717, 1.165) is 4.47 Å². The number of benzene rings is 3. The van der Waals surface area contributed by atoms with Gasteiger partial charge in [0.25, 0.3) is 0 Å². The average Bonchev–Trinajstić information content (AvgIpc) is 3.30. The molecule has 0 aromatic heterocycles. The van der Waals surface area contributed by atoms with Crippen LogP contribution in [0, 0.1) is 0 Å².